The third-order valence-electron chi connectivity index (χ3n) is 5.33. The van der Waals surface area contributed by atoms with E-state index >= 15 is 0 Å². The predicted octanol–water partition coefficient (Wildman–Crippen LogP) is 3.48. The minimum Gasteiger partial charge on any atom is -0.327 e. The van der Waals surface area contributed by atoms with Gasteiger partial charge in [0.15, 0.2) is 0 Å². The number of amides is 1. The molecule has 4 atom stereocenters. The first-order valence-electron chi connectivity index (χ1n) is 8.12. The van der Waals surface area contributed by atoms with Crippen LogP contribution in [0.25, 0.3) is 0 Å². The average molecular weight is 335 g/mol. The topological polar surface area (TPSA) is 55.1 Å². The molecule has 0 radical (unpaired) electrons. The highest BCUT2D eigenvalue weighted by Crippen LogP contribution is 2.48. The standard InChI is InChI=1S/C17H22N2OS2/c18-15-11-5-4-10(8-11)14(15)16(20)19-13-3-1-2-12(9-13)17-21-6-7-22-17/h1-3,9-11,14-15,17H,4-8,18H2,(H,19,20). The highest BCUT2D eigenvalue weighted by atomic mass is 32.2. The van der Waals surface area contributed by atoms with Crippen molar-refractivity contribution in [2.24, 2.45) is 23.5 Å². The average Bonchev–Trinajstić information content (AvgIpc) is 3.24. The monoisotopic (exact) mass is 334 g/mol. The Morgan fingerprint density at radius 2 is 1.95 bits per heavy atom. The van der Waals surface area contributed by atoms with Gasteiger partial charge in [-0.25, -0.2) is 0 Å². The van der Waals surface area contributed by atoms with Gasteiger partial charge in [0.05, 0.1) is 10.5 Å². The lowest BCUT2D eigenvalue weighted by Gasteiger charge is -2.27. The number of carbonyl (C=O) groups excluding carboxylic acids is 1. The van der Waals surface area contributed by atoms with Crippen LogP contribution in [0.1, 0.15) is 29.4 Å². The van der Waals surface area contributed by atoms with Crippen molar-refractivity contribution >= 4 is 35.1 Å². The second kappa shape index (κ2) is 6.10. The summed E-state index contributed by atoms with van der Waals surface area (Å²) in [4.78, 5) is 12.6. The zero-order valence-corrected chi connectivity index (χ0v) is 14.2. The molecule has 22 heavy (non-hydrogen) atoms. The molecule has 2 saturated carbocycles. The summed E-state index contributed by atoms with van der Waals surface area (Å²) in [6, 6.07) is 8.39. The molecule has 3 aliphatic rings. The maximum Gasteiger partial charge on any atom is 0.229 e. The smallest absolute Gasteiger partial charge is 0.229 e. The van der Waals surface area contributed by atoms with Crippen LogP contribution in [0.4, 0.5) is 5.69 Å². The van der Waals surface area contributed by atoms with E-state index in [4.69, 9.17) is 5.73 Å². The van der Waals surface area contributed by atoms with E-state index in [0.717, 1.165) is 12.1 Å². The number of fused-ring (bicyclic) bond motifs is 2. The van der Waals surface area contributed by atoms with Gasteiger partial charge in [0.1, 0.15) is 0 Å². The van der Waals surface area contributed by atoms with Gasteiger partial charge in [-0.3, -0.25) is 4.79 Å². The summed E-state index contributed by atoms with van der Waals surface area (Å²) in [6.45, 7) is 0. The molecule has 1 aromatic carbocycles. The van der Waals surface area contributed by atoms with E-state index in [9.17, 15) is 4.79 Å². The zero-order valence-electron chi connectivity index (χ0n) is 12.5. The number of anilines is 1. The maximum atomic E-state index is 12.6. The molecule has 118 valence electrons. The fourth-order valence-corrected chi connectivity index (χ4v) is 7.10. The summed E-state index contributed by atoms with van der Waals surface area (Å²) in [5, 5.41) is 3.13. The molecule has 1 aliphatic heterocycles. The van der Waals surface area contributed by atoms with Crippen molar-refractivity contribution in [3.8, 4) is 0 Å². The zero-order chi connectivity index (χ0) is 15.1. The van der Waals surface area contributed by atoms with Gasteiger partial charge in [-0.05, 0) is 48.8 Å². The third kappa shape index (κ3) is 2.68. The lowest BCUT2D eigenvalue weighted by atomic mass is 9.84. The number of nitrogens with one attached hydrogen (secondary N) is 1. The molecule has 4 rings (SSSR count). The van der Waals surface area contributed by atoms with E-state index in [2.05, 4.69) is 17.4 Å². The van der Waals surface area contributed by atoms with Crippen LogP contribution in [0.3, 0.4) is 0 Å². The van der Waals surface area contributed by atoms with E-state index in [-0.39, 0.29) is 17.9 Å². The molecule has 3 fully saturated rings. The number of nitrogens with two attached hydrogens (primary N) is 1. The summed E-state index contributed by atoms with van der Waals surface area (Å²) in [5.41, 5.74) is 8.51. The molecule has 0 aromatic heterocycles. The van der Waals surface area contributed by atoms with Crippen molar-refractivity contribution in [3.05, 3.63) is 29.8 Å². The fraction of sp³-hybridized carbons (Fsp3) is 0.588. The highest BCUT2D eigenvalue weighted by Gasteiger charge is 2.49. The van der Waals surface area contributed by atoms with E-state index in [0.29, 0.717) is 16.4 Å². The van der Waals surface area contributed by atoms with Crippen LogP contribution in [0.15, 0.2) is 24.3 Å². The molecule has 1 amide bonds. The Bertz CT molecular complexity index is 572. The fourth-order valence-electron chi connectivity index (χ4n) is 4.26. The third-order valence-corrected chi connectivity index (χ3v) is 8.44. The van der Waals surface area contributed by atoms with Gasteiger partial charge in [0.2, 0.25) is 5.91 Å². The first-order chi connectivity index (χ1) is 10.7. The van der Waals surface area contributed by atoms with Crippen LogP contribution in [0.2, 0.25) is 0 Å². The van der Waals surface area contributed by atoms with Gasteiger partial charge in [-0.1, -0.05) is 12.1 Å². The first-order valence-corrected chi connectivity index (χ1v) is 10.2. The second-order valence-electron chi connectivity index (χ2n) is 6.62. The van der Waals surface area contributed by atoms with Gasteiger partial charge in [0.25, 0.3) is 0 Å². The molecule has 4 unspecified atom stereocenters. The predicted molar refractivity (Wildman–Crippen MR) is 95.0 cm³/mol. The molecule has 1 aromatic rings. The highest BCUT2D eigenvalue weighted by molar-refractivity contribution is 8.19. The van der Waals surface area contributed by atoms with Crippen molar-refractivity contribution in [3.63, 3.8) is 0 Å². The molecule has 5 heteroatoms. The van der Waals surface area contributed by atoms with E-state index < -0.39 is 0 Å². The SMILES string of the molecule is NC1C2CCC(C2)C1C(=O)Nc1cccc(C2SCCS2)c1. The van der Waals surface area contributed by atoms with Gasteiger partial charge >= 0.3 is 0 Å². The van der Waals surface area contributed by atoms with Crippen molar-refractivity contribution in [2.45, 2.75) is 29.9 Å². The van der Waals surface area contributed by atoms with Gasteiger partial charge in [0, 0.05) is 23.2 Å². The Labute approximate surface area is 140 Å². The Balaban J connectivity index is 1.46. The van der Waals surface area contributed by atoms with E-state index in [1.54, 1.807) is 0 Å². The Hall–Kier alpha value is -0.650. The maximum absolute atomic E-state index is 12.6. The molecule has 1 saturated heterocycles. The Kier molecular flexibility index (Phi) is 4.13. The molecular formula is C17H22N2OS2. The van der Waals surface area contributed by atoms with Gasteiger partial charge in [-0.2, -0.15) is 0 Å². The lowest BCUT2D eigenvalue weighted by Crippen LogP contribution is -2.42. The quantitative estimate of drug-likeness (QED) is 0.888. The molecule has 3 nitrogen and oxygen atoms in total. The lowest BCUT2D eigenvalue weighted by molar-refractivity contribution is -0.121. The van der Waals surface area contributed by atoms with Gasteiger partial charge < -0.3 is 11.1 Å². The van der Waals surface area contributed by atoms with Crippen molar-refractivity contribution in [1.29, 1.82) is 0 Å². The molecule has 2 bridgehead atoms. The molecule has 2 aliphatic carbocycles. The number of hydrogen-bond donors (Lipinski definition) is 2. The number of carbonyl (C=O) groups is 1. The Morgan fingerprint density at radius 1 is 1.18 bits per heavy atom. The minimum absolute atomic E-state index is 0.0117. The molecule has 0 spiro atoms. The van der Waals surface area contributed by atoms with Crippen LogP contribution in [0, 0.1) is 17.8 Å². The number of thioether (sulfide) groups is 2. The second-order valence-corrected chi connectivity index (χ2v) is 9.35. The Morgan fingerprint density at radius 3 is 2.68 bits per heavy atom. The van der Waals surface area contributed by atoms with Crippen LogP contribution < -0.4 is 11.1 Å². The number of benzene rings is 1. The summed E-state index contributed by atoms with van der Waals surface area (Å²) in [6.07, 6.45) is 3.53. The summed E-state index contributed by atoms with van der Waals surface area (Å²) >= 11 is 3.98. The normalized spacial score (nSPS) is 34.2. The molecule has 3 N–H and O–H groups in total. The first kappa shape index (κ1) is 14.9. The van der Waals surface area contributed by atoms with Crippen LogP contribution in [-0.4, -0.2) is 23.5 Å². The van der Waals surface area contributed by atoms with E-state index in [1.165, 1.54) is 29.9 Å². The summed E-state index contributed by atoms with van der Waals surface area (Å²) in [5.74, 6) is 3.64. The van der Waals surface area contributed by atoms with Crippen molar-refractivity contribution in [1.82, 2.24) is 0 Å². The summed E-state index contributed by atoms with van der Waals surface area (Å²) in [7, 11) is 0. The van der Waals surface area contributed by atoms with Crippen molar-refractivity contribution in [2.75, 3.05) is 16.8 Å². The van der Waals surface area contributed by atoms with Crippen LogP contribution in [-0.2, 0) is 4.79 Å². The van der Waals surface area contributed by atoms with E-state index in [1.807, 2.05) is 35.7 Å². The van der Waals surface area contributed by atoms with Crippen LogP contribution >= 0.6 is 23.5 Å². The minimum atomic E-state index is 0.0117. The molecular weight excluding hydrogens is 312 g/mol. The largest absolute Gasteiger partial charge is 0.327 e. The number of rotatable bonds is 3. The van der Waals surface area contributed by atoms with Crippen LogP contribution in [0.5, 0.6) is 0 Å². The van der Waals surface area contributed by atoms with Crippen molar-refractivity contribution < 1.29 is 4.79 Å². The van der Waals surface area contributed by atoms with Gasteiger partial charge in [-0.15, -0.1) is 23.5 Å². The number of hydrogen-bond acceptors (Lipinski definition) is 4. The molecule has 1 heterocycles. The summed E-state index contributed by atoms with van der Waals surface area (Å²) < 4.78 is 0.515.